The zero-order chi connectivity index (χ0) is 31.0. The Balaban J connectivity index is 1.89. The van der Waals surface area contributed by atoms with Crippen molar-refractivity contribution in [3.63, 3.8) is 0 Å². The van der Waals surface area contributed by atoms with Crippen molar-refractivity contribution in [2.24, 2.45) is 0 Å². The molecule has 2 aromatic carbocycles. The average molecular weight is 581 g/mol. The molecule has 0 aromatic heterocycles. The highest BCUT2D eigenvalue weighted by Gasteiger charge is 2.28. The molecule has 9 heteroatoms. The Bertz CT molecular complexity index is 1320. The minimum atomic E-state index is -0.596. The topological polar surface area (TPSA) is 98.9 Å². The van der Waals surface area contributed by atoms with Crippen LogP contribution in [0.15, 0.2) is 18.2 Å². The van der Waals surface area contributed by atoms with E-state index in [1.807, 2.05) is 19.1 Å². The van der Waals surface area contributed by atoms with Crippen molar-refractivity contribution >= 4 is 17.2 Å². The number of piperazine rings is 1. The molecule has 0 spiro atoms. The standard InChI is InChI=1S/C33H45FN4O4/c1-8-41-28-21-23(29(22(3)36)30(34)32(28)42-9-2)11-10-12-27(39)24-19-25(33(4,5)6)31(40-7)26(20-24)38-17-15-37(14-13-35)16-18-38/h19-21,36H,8-12,14-18H2,1-7H3. The highest BCUT2D eigenvalue weighted by atomic mass is 19.1. The molecule has 42 heavy (non-hydrogen) atoms. The van der Waals surface area contributed by atoms with Gasteiger partial charge in [0, 0.05) is 55.0 Å². The Labute approximate surface area is 249 Å². The van der Waals surface area contributed by atoms with Gasteiger partial charge in [-0.1, -0.05) is 20.8 Å². The van der Waals surface area contributed by atoms with E-state index in [1.54, 1.807) is 27.0 Å². The first-order valence-corrected chi connectivity index (χ1v) is 14.7. The molecule has 0 amide bonds. The Hall–Kier alpha value is -3.64. The van der Waals surface area contributed by atoms with Crippen LogP contribution in [0.2, 0.25) is 0 Å². The number of ketones is 1. The lowest BCUT2D eigenvalue weighted by atomic mass is 9.83. The summed E-state index contributed by atoms with van der Waals surface area (Å²) in [6, 6.07) is 7.82. The summed E-state index contributed by atoms with van der Waals surface area (Å²) >= 11 is 0. The monoisotopic (exact) mass is 580 g/mol. The van der Waals surface area contributed by atoms with Gasteiger partial charge in [-0.15, -0.1) is 0 Å². The van der Waals surface area contributed by atoms with Crippen LogP contribution in [0.25, 0.3) is 0 Å². The molecular weight excluding hydrogens is 535 g/mol. The molecule has 0 bridgehead atoms. The minimum Gasteiger partial charge on any atom is -0.494 e. The number of nitrogens with one attached hydrogen (secondary N) is 1. The van der Waals surface area contributed by atoms with Gasteiger partial charge in [0.1, 0.15) is 5.75 Å². The quantitative estimate of drug-likeness (QED) is 0.172. The molecule has 0 saturated carbocycles. The molecule has 1 fully saturated rings. The Morgan fingerprint density at radius 3 is 2.29 bits per heavy atom. The SMILES string of the molecule is CCOc1cc(CCCC(=O)c2cc(N3CCN(CC#N)CC3)c(OC)c(C(C)(C)C)c2)c(C(C)=N)c(F)c1OCC. The number of nitriles is 1. The molecule has 1 aliphatic rings. The smallest absolute Gasteiger partial charge is 0.197 e. The van der Waals surface area contributed by atoms with Gasteiger partial charge in [0.05, 0.1) is 38.6 Å². The van der Waals surface area contributed by atoms with Crippen LogP contribution in [0.3, 0.4) is 0 Å². The van der Waals surface area contributed by atoms with Crippen LogP contribution < -0.4 is 19.1 Å². The summed E-state index contributed by atoms with van der Waals surface area (Å²) in [5.41, 5.74) is 3.13. The van der Waals surface area contributed by atoms with E-state index < -0.39 is 5.82 Å². The van der Waals surface area contributed by atoms with Crippen LogP contribution in [0, 0.1) is 22.6 Å². The number of ether oxygens (including phenoxy) is 3. The maximum absolute atomic E-state index is 15.5. The number of nitrogens with zero attached hydrogens (tertiary/aromatic N) is 3. The summed E-state index contributed by atoms with van der Waals surface area (Å²) in [5.74, 6) is 0.507. The lowest BCUT2D eigenvalue weighted by Gasteiger charge is -2.37. The molecule has 1 heterocycles. The van der Waals surface area contributed by atoms with Crippen molar-refractivity contribution in [2.45, 2.75) is 66.2 Å². The first-order chi connectivity index (χ1) is 20.0. The number of hydrogen-bond acceptors (Lipinski definition) is 8. The highest BCUT2D eigenvalue weighted by Crippen LogP contribution is 2.41. The third-order valence-electron chi connectivity index (χ3n) is 7.49. The molecule has 0 atom stereocenters. The first kappa shape index (κ1) is 32.9. The second-order valence-electron chi connectivity index (χ2n) is 11.6. The second-order valence-corrected chi connectivity index (χ2v) is 11.6. The molecule has 1 saturated heterocycles. The normalized spacial score (nSPS) is 13.9. The number of carbonyl (C=O) groups excluding carboxylic acids is 1. The zero-order valence-electron chi connectivity index (χ0n) is 26.2. The van der Waals surface area contributed by atoms with Gasteiger partial charge in [-0.2, -0.15) is 5.26 Å². The minimum absolute atomic E-state index is 0.00270. The Morgan fingerprint density at radius 2 is 1.74 bits per heavy atom. The van der Waals surface area contributed by atoms with Gasteiger partial charge in [-0.3, -0.25) is 9.69 Å². The average Bonchev–Trinajstić information content (AvgIpc) is 2.94. The van der Waals surface area contributed by atoms with Crippen LogP contribution in [0.1, 0.15) is 81.4 Å². The molecule has 8 nitrogen and oxygen atoms in total. The van der Waals surface area contributed by atoms with Crippen LogP contribution in [-0.4, -0.2) is 69.4 Å². The van der Waals surface area contributed by atoms with Gasteiger partial charge < -0.3 is 24.5 Å². The maximum Gasteiger partial charge on any atom is 0.197 e. The number of aryl methyl sites for hydroxylation is 1. The van der Waals surface area contributed by atoms with Crippen molar-refractivity contribution < 1.29 is 23.4 Å². The van der Waals surface area contributed by atoms with Gasteiger partial charge in [-0.25, -0.2) is 4.39 Å². The predicted molar refractivity (Wildman–Crippen MR) is 164 cm³/mol. The van der Waals surface area contributed by atoms with Gasteiger partial charge in [0.2, 0.25) is 0 Å². The molecule has 2 aromatic rings. The van der Waals surface area contributed by atoms with Crippen molar-refractivity contribution in [3.8, 4) is 23.3 Å². The predicted octanol–water partition coefficient (Wildman–Crippen LogP) is 6.17. The molecule has 0 aliphatic carbocycles. The van der Waals surface area contributed by atoms with E-state index in [1.165, 1.54) is 0 Å². The summed E-state index contributed by atoms with van der Waals surface area (Å²) in [7, 11) is 1.66. The van der Waals surface area contributed by atoms with Gasteiger partial charge >= 0.3 is 0 Å². The number of carbonyl (C=O) groups is 1. The van der Waals surface area contributed by atoms with Gasteiger partial charge in [-0.05, 0) is 62.8 Å². The Kier molecular flexibility index (Phi) is 11.3. The number of anilines is 1. The lowest BCUT2D eigenvalue weighted by Crippen LogP contribution is -2.46. The number of benzene rings is 2. The first-order valence-electron chi connectivity index (χ1n) is 14.7. The highest BCUT2D eigenvalue weighted by molar-refractivity contribution is 5.99. The van der Waals surface area contributed by atoms with E-state index >= 15 is 4.39 Å². The van der Waals surface area contributed by atoms with E-state index in [2.05, 4.69) is 36.6 Å². The number of halogens is 1. The maximum atomic E-state index is 15.5. The third-order valence-corrected chi connectivity index (χ3v) is 7.49. The molecule has 1 aliphatic heterocycles. The fraction of sp³-hybridized carbons (Fsp3) is 0.545. The summed E-state index contributed by atoms with van der Waals surface area (Å²) < 4.78 is 32.6. The largest absolute Gasteiger partial charge is 0.494 e. The number of rotatable bonds is 13. The van der Waals surface area contributed by atoms with E-state index in [4.69, 9.17) is 24.9 Å². The van der Waals surface area contributed by atoms with Crippen molar-refractivity contribution in [1.82, 2.24) is 4.90 Å². The zero-order valence-corrected chi connectivity index (χ0v) is 26.2. The fourth-order valence-electron chi connectivity index (χ4n) is 5.41. The molecule has 3 rings (SSSR count). The van der Waals surface area contributed by atoms with E-state index in [9.17, 15) is 4.79 Å². The van der Waals surface area contributed by atoms with E-state index in [-0.39, 0.29) is 41.3 Å². The number of Topliss-reactive ketones (excluding diaryl/α,β-unsaturated/α-hetero) is 1. The number of methoxy groups -OCH3 is 1. The van der Waals surface area contributed by atoms with Crippen molar-refractivity contribution in [2.75, 3.05) is 57.9 Å². The fourth-order valence-corrected chi connectivity index (χ4v) is 5.41. The van der Waals surface area contributed by atoms with Crippen LogP contribution in [0.4, 0.5) is 10.1 Å². The molecule has 228 valence electrons. The van der Waals surface area contributed by atoms with Crippen molar-refractivity contribution in [3.05, 3.63) is 46.3 Å². The molecule has 0 unspecified atom stereocenters. The summed E-state index contributed by atoms with van der Waals surface area (Å²) in [6.07, 6.45) is 1.16. The lowest BCUT2D eigenvalue weighted by molar-refractivity contribution is 0.0980. The summed E-state index contributed by atoms with van der Waals surface area (Å²) in [4.78, 5) is 18.0. The third kappa shape index (κ3) is 7.60. The van der Waals surface area contributed by atoms with Gasteiger partial charge in [0.15, 0.2) is 23.1 Å². The van der Waals surface area contributed by atoms with Crippen LogP contribution >= 0.6 is 0 Å². The van der Waals surface area contributed by atoms with E-state index in [0.29, 0.717) is 42.9 Å². The Morgan fingerprint density at radius 1 is 1.07 bits per heavy atom. The summed E-state index contributed by atoms with van der Waals surface area (Å²) in [6.45, 7) is 15.5. The summed E-state index contributed by atoms with van der Waals surface area (Å²) in [5, 5.41) is 17.3. The van der Waals surface area contributed by atoms with Crippen LogP contribution in [-0.2, 0) is 11.8 Å². The second kappa shape index (κ2) is 14.5. The van der Waals surface area contributed by atoms with Crippen LogP contribution in [0.5, 0.6) is 17.2 Å². The molecule has 0 radical (unpaired) electrons. The van der Waals surface area contributed by atoms with E-state index in [0.717, 1.165) is 43.2 Å². The van der Waals surface area contributed by atoms with Gasteiger partial charge in [0.25, 0.3) is 0 Å². The van der Waals surface area contributed by atoms with Crippen molar-refractivity contribution in [1.29, 1.82) is 10.7 Å². The molecule has 1 N–H and O–H groups in total. The number of hydrogen-bond donors (Lipinski definition) is 1. The molecular formula is C33H45FN4O4.